The van der Waals surface area contributed by atoms with E-state index in [2.05, 4.69) is 10.6 Å². The first-order valence-corrected chi connectivity index (χ1v) is 11.1. The van der Waals surface area contributed by atoms with E-state index < -0.39 is 24.1 Å². The highest BCUT2D eigenvalue weighted by Crippen LogP contribution is 2.40. The van der Waals surface area contributed by atoms with E-state index in [1.54, 1.807) is 11.0 Å². The Morgan fingerprint density at radius 2 is 1.72 bits per heavy atom. The zero-order chi connectivity index (χ0) is 26.0. The summed E-state index contributed by atoms with van der Waals surface area (Å²) in [5.41, 5.74) is 4.50. The summed E-state index contributed by atoms with van der Waals surface area (Å²) in [6.45, 7) is 2.45. The molecule has 3 N–H and O–H groups in total. The van der Waals surface area contributed by atoms with Crippen molar-refractivity contribution < 1.29 is 42.2 Å². The monoisotopic (exact) mass is 505 g/mol. The number of imide groups is 1. The Kier molecular flexibility index (Phi) is 6.97. The summed E-state index contributed by atoms with van der Waals surface area (Å²) in [7, 11) is 0. The lowest BCUT2D eigenvalue weighted by atomic mass is 9.94. The maximum absolute atomic E-state index is 13.1. The molecule has 12 heteroatoms. The molecule has 0 spiro atoms. The van der Waals surface area contributed by atoms with Crippen LogP contribution in [0.3, 0.4) is 0 Å². The van der Waals surface area contributed by atoms with E-state index in [4.69, 9.17) is 14.6 Å². The van der Waals surface area contributed by atoms with Crippen molar-refractivity contribution in [2.45, 2.75) is 38.1 Å². The van der Waals surface area contributed by atoms with E-state index in [-0.39, 0.29) is 18.2 Å². The molecule has 2 aromatic carbocycles. The molecular weight excluding hydrogens is 483 g/mol. The zero-order valence-corrected chi connectivity index (χ0v) is 18.9. The lowest BCUT2D eigenvalue weighted by Gasteiger charge is -2.29. The predicted octanol–water partition coefficient (Wildman–Crippen LogP) is 2.23. The van der Waals surface area contributed by atoms with Crippen LogP contribution < -0.4 is 15.4 Å². The molecule has 0 aromatic heterocycles. The van der Waals surface area contributed by atoms with Gasteiger partial charge in [0.15, 0.2) is 0 Å². The number of para-hydroxylation sites is 1. The summed E-state index contributed by atoms with van der Waals surface area (Å²) in [6.07, 6.45) is -4.48. The van der Waals surface area contributed by atoms with E-state index in [1.807, 2.05) is 30.3 Å². The Morgan fingerprint density at radius 3 is 2.42 bits per heavy atom. The third-order valence-corrected chi connectivity index (χ3v) is 6.05. The summed E-state index contributed by atoms with van der Waals surface area (Å²) in [4.78, 5) is 47.4. The van der Waals surface area contributed by atoms with Gasteiger partial charge < -0.3 is 20.1 Å². The summed E-state index contributed by atoms with van der Waals surface area (Å²) in [6, 6.07) is 11.1. The highest BCUT2D eigenvalue weighted by atomic mass is 19.4. The summed E-state index contributed by atoms with van der Waals surface area (Å²) in [5.74, 6) is -2.76. The number of halogens is 3. The van der Waals surface area contributed by atoms with Crippen molar-refractivity contribution in [3.05, 3.63) is 53.1 Å². The molecule has 0 saturated carbocycles. The van der Waals surface area contributed by atoms with Gasteiger partial charge in [0.05, 0.1) is 0 Å². The third-order valence-electron chi connectivity index (χ3n) is 6.05. The molecule has 2 aromatic rings. The quantitative estimate of drug-likeness (QED) is 0.535. The van der Waals surface area contributed by atoms with Crippen molar-refractivity contribution in [2.75, 3.05) is 13.2 Å². The number of benzene rings is 2. The number of carbonyl (C=O) groups excluding carboxylic acids is 3. The van der Waals surface area contributed by atoms with Crippen molar-refractivity contribution >= 4 is 23.7 Å². The fourth-order valence-corrected chi connectivity index (χ4v) is 4.39. The van der Waals surface area contributed by atoms with Gasteiger partial charge in [0.1, 0.15) is 18.4 Å². The Morgan fingerprint density at radius 1 is 1.06 bits per heavy atom. The highest BCUT2D eigenvalue weighted by Gasteiger charge is 2.40. The van der Waals surface area contributed by atoms with Crippen molar-refractivity contribution in [1.82, 2.24) is 15.5 Å². The number of fused-ring (bicyclic) bond motifs is 2. The number of nitrogens with one attached hydrogen (secondary N) is 2. The Labute approximate surface area is 203 Å². The number of aliphatic carboxylic acids is 1. The average molecular weight is 505 g/mol. The van der Waals surface area contributed by atoms with Crippen molar-refractivity contribution in [3.63, 3.8) is 0 Å². The van der Waals surface area contributed by atoms with Crippen molar-refractivity contribution in [2.24, 2.45) is 0 Å². The second-order valence-electron chi connectivity index (χ2n) is 8.35. The fourth-order valence-electron chi connectivity index (χ4n) is 4.39. The Balaban J connectivity index is 0.000000384. The van der Waals surface area contributed by atoms with Gasteiger partial charge in [0.2, 0.25) is 11.8 Å². The van der Waals surface area contributed by atoms with Crippen LogP contribution in [0.1, 0.15) is 34.3 Å². The largest absolute Gasteiger partial charge is 0.491 e. The zero-order valence-electron chi connectivity index (χ0n) is 18.9. The van der Waals surface area contributed by atoms with Crippen LogP contribution in [0.2, 0.25) is 0 Å². The second kappa shape index (κ2) is 9.97. The molecule has 0 aliphatic carbocycles. The molecular formula is C24H22F3N3O6. The van der Waals surface area contributed by atoms with Gasteiger partial charge in [-0.15, -0.1) is 0 Å². The number of nitrogens with zero attached hydrogens (tertiary/aromatic N) is 1. The molecule has 1 fully saturated rings. The molecule has 3 aliphatic rings. The van der Waals surface area contributed by atoms with Crippen LogP contribution in [-0.4, -0.2) is 59.1 Å². The molecule has 9 nitrogen and oxygen atoms in total. The molecule has 1 unspecified atom stereocenters. The highest BCUT2D eigenvalue weighted by molar-refractivity contribution is 6.06. The van der Waals surface area contributed by atoms with Crippen LogP contribution in [0, 0.1) is 0 Å². The van der Waals surface area contributed by atoms with Crippen molar-refractivity contribution in [3.8, 4) is 16.9 Å². The molecule has 3 amide bonds. The molecule has 3 aliphatic heterocycles. The van der Waals surface area contributed by atoms with Gasteiger partial charge in [0, 0.05) is 42.7 Å². The minimum Gasteiger partial charge on any atom is -0.491 e. The number of rotatable bonds is 2. The Bertz CT molecular complexity index is 1230. The molecule has 3 heterocycles. The van der Waals surface area contributed by atoms with E-state index in [0.717, 1.165) is 41.1 Å². The Hall–Kier alpha value is -3.93. The van der Waals surface area contributed by atoms with Crippen LogP contribution in [-0.2, 0) is 27.5 Å². The number of piperidine rings is 1. The van der Waals surface area contributed by atoms with Gasteiger partial charge in [-0.1, -0.05) is 30.3 Å². The first kappa shape index (κ1) is 25.2. The second-order valence-corrected chi connectivity index (χ2v) is 8.35. The van der Waals surface area contributed by atoms with E-state index in [1.165, 1.54) is 0 Å². The number of carbonyl (C=O) groups is 4. The number of hydrogen-bond donors (Lipinski definition) is 3. The molecule has 190 valence electrons. The predicted molar refractivity (Wildman–Crippen MR) is 119 cm³/mol. The van der Waals surface area contributed by atoms with E-state index in [0.29, 0.717) is 25.1 Å². The van der Waals surface area contributed by atoms with Crippen LogP contribution >= 0.6 is 0 Å². The van der Waals surface area contributed by atoms with Crippen LogP contribution in [0.5, 0.6) is 5.75 Å². The van der Waals surface area contributed by atoms with Gasteiger partial charge in [-0.05, 0) is 23.6 Å². The lowest BCUT2D eigenvalue weighted by Crippen LogP contribution is -2.52. The maximum atomic E-state index is 13.1. The number of ether oxygens (including phenoxy) is 1. The summed E-state index contributed by atoms with van der Waals surface area (Å²) >= 11 is 0. The number of carboxylic acid groups (broad SMARTS) is 1. The topological polar surface area (TPSA) is 125 Å². The SMILES string of the molecule is O=C(O)C(F)(F)F.O=C1CCC(N2Cc3c(cccc3-c3cccc4c3OCCNC4)C2=O)C(=O)N1. The van der Waals surface area contributed by atoms with Gasteiger partial charge in [-0.25, -0.2) is 4.79 Å². The van der Waals surface area contributed by atoms with Crippen molar-refractivity contribution in [1.29, 1.82) is 0 Å². The van der Waals surface area contributed by atoms with Gasteiger partial charge >= 0.3 is 12.1 Å². The number of carboxylic acids is 1. The first-order valence-electron chi connectivity index (χ1n) is 11.1. The minimum absolute atomic E-state index is 0.166. The van der Waals surface area contributed by atoms with E-state index in [9.17, 15) is 27.6 Å². The smallest absolute Gasteiger partial charge is 0.490 e. The van der Waals surface area contributed by atoms with Gasteiger partial charge in [-0.2, -0.15) is 13.2 Å². The number of alkyl halides is 3. The molecule has 1 atom stereocenters. The first-order chi connectivity index (χ1) is 17.1. The molecule has 5 rings (SSSR count). The molecule has 1 saturated heterocycles. The standard InChI is InChI=1S/C22H21N3O4.C2HF3O2/c26-19-8-7-18(21(27)24-19)25-12-17-14(4-2-6-16(17)22(25)28)15-5-1-3-13-11-23-9-10-29-20(13)15;3-2(4,5)1(6)7/h1-6,18,23H,7-12H2,(H,24,26,27);(H,6,7). The fraction of sp³-hybridized carbons (Fsp3) is 0.333. The van der Waals surface area contributed by atoms with E-state index >= 15 is 0 Å². The molecule has 0 radical (unpaired) electrons. The minimum atomic E-state index is -5.08. The van der Waals surface area contributed by atoms with Gasteiger partial charge in [-0.3, -0.25) is 19.7 Å². The molecule has 0 bridgehead atoms. The van der Waals surface area contributed by atoms with Crippen LogP contribution in [0.4, 0.5) is 13.2 Å². The average Bonchev–Trinajstić information content (AvgIpc) is 2.99. The van der Waals surface area contributed by atoms with Crippen LogP contribution in [0.15, 0.2) is 36.4 Å². The summed E-state index contributed by atoms with van der Waals surface area (Å²) < 4.78 is 37.8. The van der Waals surface area contributed by atoms with Gasteiger partial charge in [0.25, 0.3) is 5.91 Å². The maximum Gasteiger partial charge on any atom is 0.490 e. The number of amides is 3. The normalized spacial score (nSPS) is 19.2. The number of hydrogen-bond acceptors (Lipinski definition) is 6. The molecule has 36 heavy (non-hydrogen) atoms. The third kappa shape index (κ3) is 5.03. The summed E-state index contributed by atoms with van der Waals surface area (Å²) in [5, 5.41) is 12.8. The lowest BCUT2D eigenvalue weighted by molar-refractivity contribution is -0.192. The van der Waals surface area contributed by atoms with Crippen LogP contribution in [0.25, 0.3) is 11.1 Å².